The lowest BCUT2D eigenvalue weighted by Crippen LogP contribution is -2.10. The molecule has 0 heterocycles. The molecule has 1 aromatic carbocycles. The lowest BCUT2D eigenvalue weighted by molar-refractivity contribution is 0.0817. The Balaban J connectivity index is 2.26. The van der Waals surface area contributed by atoms with Gasteiger partial charge in [-0.05, 0) is 12.0 Å². The van der Waals surface area contributed by atoms with Gasteiger partial charge in [-0.3, -0.25) is 0 Å². The summed E-state index contributed by atoms with van der Waals surface area (Å²) in [7, 11) is 0. The van der Waals surface area contributed by atoms with Crippen LogP contribution in [0.4, 0.5) is 0 Å². The lowest BCUT2D eigenvalue weighted by atomic mass is 10.2. The molecule has 3 heteroatoms. The maximum absolute atomic E-state index is 5.65. The van der Waals surface area contributed by atoms with Crippen molar-refractivity contribution < 1.29 is 9.47 Å². The Hall–Kier alpha value is -0.540. The number of benzene rings is 1. The number of hydrogen-bond acceptors (Lipinski definition) is 2. The molecule has 0 unspecified atom stereocenters. The van der Waals surface area contributed by atoms with E-state index in [1.54, 1.807) is 0 Å². The van der Waals surface area contributed by atoms with E-state index in [0.29, 0.717) is 19.1 Å². The Kier molecular flexibility index (Phi) is 6.50. The minimum absolute atomic E-state index is 0.579. The van der Waals surface area contributed by atoms with Crippen LogP contribution in [-0.4, -0.2) is 19.8 Å². The molecule has 90 valence electrons. The van der Waals surface area contributed by atoms with Crippen molar-refractivity contribution in [3.05, 3.63) is 29.8 Å². The standard InChI is InChI=1S/C13H19BrO2/c1-11(2)10-15-7-8-16-13-6-4-3-5-12(13)9-14/h3-6,11H,7-10H2,1-2H3. The van der Waals surface area contributed by atoms with Crippen molar-refractivity contribution in [1.82, 2.24) is 0 Å². The van der Waals surface area contributed by atoms with Crippen LogP contribution in [-0.2, 0) is 10.1 Å². The molecule has 0 aliphatic heterocycles. The molecule has 0 bridgehead atoms. The van der Waals surface area contributed by atoms with Gasteiger partial charge in [0.25, 0.3) is 0 Å². The minimum Gasteiger partial charge on any atom is -0.491 e. The van der Waals surface area contributed by atoms with Gasteiger partial charge in [-0.1, -0.05) is 48.0 Å². The minimum atomic E-state index is 0.579. The monoisotopic (exact) mass is 286 g/mol. The maximum Gasteiger partial charge on any atom is 0.123 e. The molecule has 0 atom stereocenters. The van der Waals surface area contributed by atoms with Crippen LogP contribution in [0.25, 0.3) is 0 Å². The highest BCUT2D eigenvalue weighted by atomic mass is 79.9. The molecular weight excluding hydrogens is 268 g/mol. The Morgan fingerprint density at radius 1 is 1.19 bits per heavy atom. The predicted octanol–water partition coefficient (Wildman–Crippen LogP) is 3.63. The van der Waals surface area contributed by atoms with Crippen LogP contribution in [0.1, 0.15) is 19.4 Å². The summed E-state index contributed by atoms with van der Waals surface area (Å²) in [6.45, 7) is 6.33. The molecule has 0 aromatic heterocycles. The smallest absolute Gasteiger partial charge is 0.123 e. The Bertz CT molecular complexity index is 300. The van der Waals surface area contributed by atoms with E-state index in [4.69, 9.17) is 9.47 Å². The van der Waals surface area contributed by atoms with Crippen molar-refractivity contribution in [3.63, 3.8) is 0 Å². The van der Waals surface area contributed by atoms with Gasteiger partial charge in [0.1, 0.15) is 12.4 Å². The maximum atomic E-state index is 5.65. The zero-order valence-corrected chi connectivity index (χ0v) is 11.5. The number of ether oxygens (including phenoxy) is 2. The SMILES string of the molecule is CC(C)COCCOc1ccccc1CBr. The molecule has 0 radical (unpaired) electrons. The average molecular weight is 287 g/mol. The van der Waals surface area contributed by atoms with E-state index in [2.05, 4.69) is 35.8 Å². The molecule has 16 heavy (non-hydrogen) atoms. The summed E-state index contributed by atoms with van der Waals surface area (Å²) >= 11 is 3.44. The molecule has 0 amide bonds. The summed E-state index contributed by atoms with van der Waals surface area (Å²) in [6, 6.07) is 8.04. The number of halogens is 1. The molecule has 1 aromatic rings. The summed E-state index contributed by atoms with van der Waals surface area (Å²) in [6.07, 6.45) is 0. The molecule has 2 nitrogen and oxygen atoms in total. The summed E-state index contributed by atoms with van der Waals surface area (Å²) in [5.41, 5.74) is 1.17. The Morgan fingerprint density at radius 2 is 1.94 bits per heavy atom. The van der Waals surface area contributed by atoms with Gasteiger partial charge in [-0.25, -0.2) is 0 Å². The third-order valence-corrected chi connectivity index (χ3v) is 2.66. The fourth-order valence-corrected chi connectivity index (χ4v) is 1.75. The first kappa shape index (κ1) is 13.5. The lowest BCUT2D eigenvalue weighted by Gasteiger charge is -2.10. The van der Waals surface area contributed by atoms with Crippen molar-refractivity contribution in [2.45, 2.75) is 19.2 Å². The first-order valence-corrected chi connectivity index (χ1v) is 6.70. The highest BCUT2D eigenvalue weighted by Gasteiger charge is 2.00. The van der Waals surface area contributed by atoms with Crippen LogP contribution >= 0.6 is 15.9 Å². The largest absolute Gasteiger partial charge is 0.491 e. The molecule has 0 saturated carbocycles. The molecule has 1 rings (SSSR count). The number of para-hydroxylation sites is 1. The van der Waals surface area contributed by atoms with Gasteiger partial charge in [-0.15, -0.1) is 0 Å². The van der Waals surface area contributed by atoms with E-state index in [0.717, 1.165) is 17.7 Å². The van der Waals surface area contributed by atoms with Crippen LogP contribution in [0, 0.1) is 5.92 Å². The number of hydrogen-bond donors (Lipinski definition) is 0. The highest BCUT2D eigenvalue weighted by molar-refractivity contribution is 9.08. The van der Waals surface area contributed by atoms with E-state index in [9.17, 15) is 0 Å². The van der Waals surface area contributed by atoms with Crippen molar-refractivity contribution in [1.29, 1.82) is 0 Å². The number of rotatable bonds is 7. The summed E-state index contributed by atoms with van der Waals surface area (Å²) in [5.74, 6) is 1.52. The number of alkyl halides is 1. The van der Waals surface area contributed by atoms with Gasteiger partial charge < -0.3 is 9.47 Å². The van der Waals surface area contributed by atoms with Gasteiger partial charge >= 0.3 is 0 Å². The molecule has 0 aliphatic carbocycles. The van der Waals surface area contributed by atoms with Crippen LogP contribution in [0.5, 0.6) is 5.75 Å². The molecule has 0 saturated heterocycles. The quantitative estimate of drug-likeness (QED) is 0.563. The first-order valence-electron chi connectivity index (χ1n) is 5.58. The zero-order valence-electron chi connectivity index (χ0n) is 9.91. The van der Waals surface area contributed by atoms with Crippen molar-refractivity contribution in [2.24, 2.45) is 5.92 Å². The van der Waals surface area contributed by atoms with Gasteiger partial charge in [-0.2, -0.15) is 0 Å². The van der Waals surface area contributed by atoms with E-state index in [-0.39, 0.29) is 0 Å². The zero-order chi connectivity index (χ0) is 11.8. The third kappa shape index (κ3) is 4.99. The topological polar surface area (TPSA) is 18.5 Å². The van der Waals surface area contributed by atoms with Gasteiger partial charge in [0, 0.05) is 17.5 Å². The van der Waals surface area contributed by atoms with Crippen LogP contribution < -0.4 is 4.74 Å². The fraction of sp³-hybridized carbons (Fsp3) is 0.538. The molecule has 0 aliphatic rings. The average Bonchev–Trinajstić information content (AvgIpc) is 2.29. The van der Waals surface area contributed by atoms with Gasteiger partial charge in [0.05, 0.1) is 6.61 Å². The van der Waals surface area contributed by atoms with E-state index >= 15 is 0 Å². The van der Waals surface area contributed by atoms with Crippen LogP contribution in [0.3, 0.4) is 0 Å². The fourth-order valence-electron chi connectivity index (χ4n) is 1.28. The van der Waals surface area contributed by atoms with Crippen LogP contribution in [0.15, 0.2) is 24.3 Å². The second-order valence-electron chi connectivity index (χ2n) is 4.06. The second kappa shape index (κ2) is 7.69. The Morgan fingerprint density at radius 3 is 2.62 bits per heavy atom. The van der Waals surface area contributed by atoms with Gasteiger partial charge in [0.2, 0.25) is 0 Å². The van der Waals surface area contributed by atoms with Crippen molar-refractivity contribution in [3.8, 4) is 5.75 Å². The third-order valence-electron chi connectivity index (χ3n) is 2.05. The molecule has 0 N–H and O–H groups in total. The van der Waals surface area contributed by atoms with Crippen molar-refractivity contribution >= 4 is 15.9 Å². The molecular formula is C13H19BrO2. The summed E-state index contributed by atoms with van der Waals surface area (Å²) < 4.78 is 11.1. The van der Waals surface area contributed by atoms with Gasteiger partial charge in [0.15, 0.2) is 0 Å². The van der Waals surface area contributed by atoms with Crippen LogP contribution in [0.2, 0.25) is 0 Å². The summed E-state index contributed by atoms with van der Waals surface area (Å²) in [5, 5.41) is 0.816. The molecule has 0 fully saturated rings. The van der Waals surface area contributed by atoms with E-state index < -0.39 is 0 Å². The Labute approximate surface area is 106 Å². The predicted molar refractivity (Wildman–Crippen MR) is 70.2 cm³/mol. The van der Waals surface area contributed by atoms with Crippen molar-refractivity contribution in [2.75, 3.05) is 19.8 Å². The normalized spacial score (nSPS) is 10.8. The van der Waals surface area contributed by atoms with E-state index in [1.165, 1.54) is 5.56 Å². The summed E-state index contributed by atoms with van der Waals surface area (Å²) in [4.78, 5) is 0. The first-order chi connectivity index (χ1) is 7.74. The molecule has 0 spiro atoms. The highest BCUT2D eigenvalue weighted by Crippen LogP contribution is 2.20. The second-order valence-corrected chi connectivity index (χ2v) is 4.62. The van der Waals surface area contributed by atoms with E-state index in [1.807, 2.05) is 18.2 Å².